The number of nitrogens with zero attached hydrogens (tertiary/aromatic N) is 4. The van der Waals surface area contributed by atoms with Crippen LogP contribution in [0.4, 0.5) is 22.9 Å². The van der Waals surface area contributed by atoms with Crippen molar-refractivity contribution >= 4 is 40.1 Å². The number of morpholine rings is 1. The minimum Gasteiger partial charge on any atom is -0.492 e. The van der Waals surface area contributed by atoms with Gasteiger partial charge < -0.3 is 24.4 Å². The first-order chi connectivity index (χ1) is 20.5. The Bertz CT molecular complexity index is 1560. The van der Waals surface area contributed by atoms with Gasteiger partial charge in [0, 0.05) is 25.6 Å². The first kappa shape index (κ1) is 27.4. The van der Waals surface area contributed by atoms with E-state index in [0.29, 0.717) is 61.9 Å². The lowest BCUT2D eigenvalue weighted by molar-refractivity contribution is -0.385. The molecule has 1 aliphatic carbocycles. The molecule has 3 aromatic rings. The molecule has 3 aliphatic rings. The van der Waals surface area contributed by atoms with E-state index in [2.05, 4.69) is 15.2 Å². The maximum Gasteiger partial charge on any atom is 0.310 e. The number of aliphatic imine (C=N–C) groups is 1. The number of anilines is 2. The normalized spacial score (nSPS) is 18.1. The molecule has 1 amide bonds. The monoisotopic (exact) mass is 569 g/mol. The van der Waals surface area contributed by atoms with Gasteiger partial charge in [-0.3, -0.25) is 19.9 Å². The van der Waals surface area contributed by atoms with E-state index in [1.54, 1.807) is 18.3 Å². The van der Waals surface area contributed by atoms with Gasteiger partial charge in [0.25, 0.3) is 0 Å². The summed E-state index contributed by atoms with van der Waals surface area (Å²) in [6.45, 7) is 3.56. The second kappa shape index (κ2) is 12.0. The zero-order chi connectivity index (χ0) is 29.1. The number of amides is 1. The number of nitrogens with one attached hydrogen (secondary N) is 1. The van der Waals surface area contributed by atoms with Crippen LogP contribution in [0.3, 0.4) is 0 Å². The van der Waals surface area contributed by atoms with E-state index in [9.17, 15) is 14.9 Å². The maximum atomic E-state index is 13.2. The van der Waals surface area contributed by atoms with E-state index in [1.165, 1.54) is 13.2 Å². The molecule has 11 nitrogen and oxygen atoms in total. The minimum absolute atomic E-state index is 0.0878. The van der Waals surface area contributed by atoms with Crippen molar-refractivity contribution in [1.82, 2.24) is 4.98 Å². The molecule has 2 aromatic carbocycles. The van der Waals surface area contributed by atoms with Gasteiger partial charge in [0.1, 0.15) is 11.6 Å². The van der Waals surface area contributed by atoms with Crippen molar-refractivity contribution in [1.29, 1.82) is 0 Å². The summed E-state index contributed by atoms with van der Waals surface area (Å²) in [6.07, 6.45) is 5.54. The summed E-state index contributed by atoms with van der Waals surface area (Å²) in [7, 11) is 1.41. The topological polar surface area (TPSA) is 128 Å². The van der Waals surface area contributed by atoms with Crippen molar-refractivity contribution in [3.05, 3.63) is 82.0 Å². The Kier molecular flexibility index (Phi) is 7.83. The number of rotatable bonds is 8. The summed E-state index contributed by atoms with van der Waals surface area (Å²) in [5, 5.41) is 14.3. The van der Waals surface area contributed by atoms with Crippen LogP contribution in [0.5, 0.6) is 11.5 Å². The lowest BCUT2D eigenvalue weighted by atomic mass is 9.84. The molecule has 0 spiro atoms. The van der Waals surface area contributed by atoms with Crippen LogP contribution in [0.15, 0.2) is 65.8 Å². The summed E-state index contributed by atoms with van der Waals surface area (Å²) in [5.74, 6) is 1.36. The lowest BCUT2D eigenvalue weighted by Gasteiger charge is -2.27. The third-order valence-corrected chi connectivity index (χ3v) is 7.73. The molecule has 216 valence electrons. The third kappa shape index (κ3) is 5.82. The number of allylic oxidation sites excluding steroid dienone is 2. The fraction of sp³-hybridized carbons (Fsp3) is 0.323. The molecule has 0 bridgehead atoms. The first-order valence-corrected chi connectivity index (χ1v) is 14.0. The van der Waals surface area contributed by atoms with E-state index >= 15 is 0 Å². The van der Waals surface area contributed by atoms with Crippen molar-refractivity contribution in [2.45, 2.75) is 19.3 Å². The lowest BCUT2D eigenvalue weighted by Crippen LogP contribution is -2.36. The van der Waals surface area contributed by atoms with Crippen LogP contribution in [0.25, 0.3) is 5.57 Å². The summed E-state index contributed by atoms with van der Waals surface area (Å²) in [4.78, 5) is 35.6. The van der Waals surface area contributed by atoms with Crippen LogP contribution >= 0.6 is 0 Å². The molecule has 42 heavy (non-hydrogen) atoms. The van der Waals surface area contributed by atoms with E-state index in [4.69, 9.17) is 19.2 Å². The van der Waals surface area contributed by atoms with E-state index in [-0.39, 0.29) is 23.3 Å². The molecule has 0 saturated carbocycles. The second-order valence-electron chi connectivity index (χ2n) is 10.3. The Hall–Kier alpha value is -4.77. The minimum atomic E-state index is -0.466. The molecule has 11 heteroatoms. The standard InChI is InChI=1S/C31H31N5O6/c1-40-29-18-22(4-8-28(29)36(38)39)21-3-6-24-26(17-21)33-25-7-2-20(16-27(25)34-31(24)37)10-13-42-23-5-9-30(32-19-23)35-11-14-41-15-12-35/h2,4-5,7-9,16-19,24H,3,6,10-15H2,1H3,(H,34,37). The van der Waals surface area contributed by atoms with Crippen molar-refractivity contribution in [3.8, 4) is 11.5 Å². The van der Waals surface area contributed by atoms with Crippen LogP contribution in [-0.2, 0) is 16.0 Å². The Morgan fingerprint density at radius 3 is 2.76 bits per heavy atom. The van der Waals surface area contributed by atoms with E-state index in [1.807, 2.05) is 36.4 Å². The number of carbonyl (C=O) groups is 1. The van der Waals surface area contributed by atoms with Crippen molar-refractivity contribution in [3.63, 3.8) is 0 Å². The van der Waals surface area contributed by atoms with Gasteiger partial charge >= 0.3 is 5.69 Å². The Morgan fingerprint density at radius 1 is 1.14 bits per heavy atom. The molecule has 2 aliphatic heterocycles. The molecule has 3 heterocycles. The second-order valence-corrected chi connectivity index (χ2v) is 10.3. The summed E-state index contributed by atoms with van der Waals surface area (Å²) in [5.41, 5.74) is 4.73. The van der Waals surface area contributed by atoms with Crippen LogP contribution < -0.4 is 19.7 Å². The average Bonchev–Trinajstić information content (AvgIpc) is 3.16. The molecule has 1 N–H and O–H groups in total. The van der Waals surface area contributed by atoms with Gasteiger partial charge in [-0.05, 0) is 72.0 Å². The first-order valence-electron chi connectivity index (χ1n) is 14.0. The number of carbonyl (C=O) groups excluding carboxylic acids is 1. The quantitative estimate of drug-likeness (QED) is 0.297. The number of fused-ring (bicyclic) bond motifs is 2. The molecule has 6 rings (SSSR count). The number of nitro groups is 1. The van der Waals surface area contributed by atoms with Crippen molar-refractivity contribution in [2.75, 3.05) is 50.2 Å². The molecule has 1 aromatic heterocycles. The predicted molar refractivity (Wildman–Crippen MR) is 159 cm³/mol. The Labute approximate surface area is 243 Å². The predicted octanol–water partition coefficient (Wildman–Crippen LogP) is 4.97. The Balaban J connectivity index is 1.14. The highest BCUT2D eigenvalue weighted by Crippen LogP contribution is 2.38. The van der Waals surface area contributed by atoms with Gasteiger partial charge in [0.15, 0.2) is 5.75 Å². The van der Waals surface area contributed by atoms with Gasteiger partial charge in [-0.15, -0.1) is 0 Å². The number of ether oxygens (including phenoxy) is 3. The van der Waals surface area contributed by atoms with E-state index in [0.717, 1.165) is 35.6 Å². The summed E-state index contributed by atoms with van der Waals surface area (Å²) in [6, 6.07) is 14.6. The third-order valence-electron chi connectivity index (χ3n) is 7.73. The van der Waals surface area contributed by atoms with Gasteiger partial charge in [-0.25, -0.2) is 4.98 Å². The molecule has 0 radical (unpaired) electrons. The zero-order valence-corrected chi connectivity index (χ0v) is 23.2. The van der Waals surface area contributed by atoms with Crippen molar-refractivity contribution in [2.24, 2.45) is 10.9 Å². The largest absolute Gasteiger partial charge is 0.492 e. The number of hydrogen-bond acceptors (Lipinski definition) is 9. The van der Waals surface area contributed by atoms with Crippen molar-refractivity contribution < 1.29 is 23.9 Å². The zero-order valence-electron chi connectivity index (χ0n) is 23.2. The number of benzene rings is 2. The van der Waals surface area contributed by atoms with Gasteiger partial charge in [0.05, 0.1) is 61.1 Å². The molecule has 1 saturated heterocycles. The fourth-order valence-corrected chi connectivity index (χ4v) is 5.45. The number of aromatic nitrogens is 1. The molecule has 1 atom stereocenters. The number of pyridine rings is 1. The smallest absolute Gasteiger partial charge is 0.310 e. The SMILES string of the molecule is COc1cc(C2=CC3=Nc4ccc(CCOc5ccc(N6CCOCC6)nc5)cc4NC(=O)C3CC2)ccc1[N+](=O)[O-]. The van der Waals surface area contributed by atoms with E-state index < -0.39 is 4.92 Å². The fourth-order valence-electron chi connectivity index (χ4n) is 5.45. The molecule has 1 unspecified atom stereocenters. The van der Waals surface area contributed by atoms with Gasteiger partial charge in [-0.1, -0.05) is 6.07 Å². The highest BCUT2D eigenvalue weighted by atomic mass is 16.6. The van der Waals surface area contributed by atoms with Gasteiger partial charge in [0.2, 0.25) is 5.91 Å². The van der Waals surface area contributed by atoms with Crippen LogP contribution in [-0.4, -0.2) is 61.5 Å². The number of methoxy groups -OCH3 is 1. The van der Waals surface area contributed by atoms with Gasteiger partial charge in [-0.2, -0.15) is 0 Å². The Morgan fingerprint density at radius 2 is 2.00 bits per heavy atom. The average molecular weight is 570 g/mol. The molecular weight excluding hydrogens is 538 g/mol. The molecule has 1 fully saturated rings. The highest BCUT2D eigenvalue weighted by molar-refractivity contribution is 6.19. The summed E-state index contributed by atoms with van der Waals surface area (Å²) < 4.78 is 16.6. The highest BCUT2D eigenvalue weighted by Gasteiger charge is 2.31. The maximum absolute atomic E-state index is 13.2. The number of nitro benzene ring substituents is 1. The van der Waals surface area contributed by atoms with Crippen LogP contribution in [0.2, 0.25) is 0 Å². The summed E-state index contributed by atoms with van der Waals surface area (Å²) >= 11 is 0. The molecular formula is C31H31N5O6. The number of hydrogen-bond donors (Lipinski definition) is 1. The van der Waals surface area contributed by atoms with Crippen LogP contribution in [0.1, 0.15) is 24.0 Å². The van der Waals surface area contributed by atoms with Crippen LogP contribution in [0, 0.1) is 16.0 Å².